The van der Waals surface area contributed by atoms with E-state index in [4.69, 9.17) is 5.26 Å². The lowest BCUT2D eigenvalue weighted by molar-refractivity contribution is -0.122. The number of likely N-dealkylation sites (tertiary alicyclic amines) is 1. The van der Waals surface area contributed by atoms with Crippen molar-refractivity contribution in [3.63, 3.8) is 0 Å². The van der Waals surface area contributed by atoms with Crippen LogP contribution in [-0.4, -0.2) is 48.5 Å². The third-order valence-corrected chi connectivity index (χ3v) is 3.48. The Kier molecular flexibility index (Phi) is 4.91. The normalized spacial score (nSPS) is 16.4. The number of rotatable bonds is 4. The van der Waals surface area contributed by atoms with Gasteiger partial charge in [0.05, 0.1) is 12.1 Å². The van der Waals surface area contributed by atoms with E-state index in [9.17, 15) is 4.79 Å². The maximum absolute atomic E-state index is 11.3. The third kappa shape index (κ3) is 3.93. The molecule has 0 saturated carbocycles. The van der Waals surface area contributed by atoms with Crippen LogP contribution in [0.25, 0.3) is 0 Å². The van der Waals surface area contributed by atoms with Crippen LogP contribution < -0.4 is 10.6 Å². The molecular weight excluding hydrogens is 254 g/mol. The highest BCUT2D eigenvalue weighted by molar-refractivity contribution is 5.77. The summed E-state index contributed by atoms with van der Waals surface area (Å²) in [5.74, 6) is 0.860. The maximum atomic E-state index is 11.3. The second-order valence-corrected chi connectivity index (χ2v) is 4.91. The molecule has 6 heteroatoms. The van der Waals surface area contributed by atoms with Crippen LogP contribution >= 0.6 is 0 Å². The van der Waals surface area contributed by atoms with E-state index >= 15 is 0 Å². The number of nitrogens with one attached hydrogen (secondary N) is 2. The largest absolute Gasteiger partial charge is 0.367 e. The molecule has 1 aromatic heterocycles. The summed E-state index contributed by atoms with van der Waals surface area (Å²) in [5, 5.41) is 14.7. The first-order valence-electron chi connectivity index (χ1n) is 6.77. The number of pyridine rings is 1. The van der Waals surface area contributed by atoms with Gasteiger partial charge in [0.25, 0.3) is 0 Å². The molecule has 106 valence electrons. The Labute approximate surface area is 118 Å². The minimum atomic E-state index is 0.0603. The summed E-state index contributed by atoms with van der Waals surface area (Å²) in [7, 11) is 1.66. The molecule has 2 rings (SSSR count). The van der Waals surface area contributed by atoms with Gasteiger partial charge in [-0.2, -0.15) is 5.26 Å². The third-order valence-electron chi connectivity index (χ3n) is 3.48. The lowest BCUT2D eigenvalue weighted by Crippen LogP contribution is -2.43. The topological polar surface area (TPSA) is 81.0 Å². The molecule has 0 spiro atoms. The van der Waals surface area contributed by atoms with Gasteiger partial charge in [-0.1, -0.05) is 0 Å². The monoisotopic (exact) mass is 273 g/mol. The Morgan fingerprint density at radius 1 is 1.50 bits per heavy atom. The SMILES string of the molecule is CNC(=O)CN1CCC(Nc2ccc(C#N)cn2)CC1. The molecule has 2 N–H and O–H groups in total. The summed E-state index contributed by atoms with van der Waals surface area (Å²) in [6, 6.07) is 6.01. The second kappa shape index (κ2) is 6.87. The van der Waals surface area contributed by atoms with Crippen LogP contribution in [0.15, 0.2) is 18.3 Å². The zero-order valence-corrected chi connectivity index (χ0v) is 11.6. The van der Waals surface area contributed by atoms with Gasteiger partial charge < -0.3 is 10.6 Å². The average molecular weight is 273 g/mol. The van der Waals surface area contributed by atoms with E-state index in [1.54, 1.807) is 19.3 Å². The van der Waals surface area contributed by atoms with E-state index < -0.39 is 0 Å². The van der Waals surface area contributed by atoms with Crippen molar-refractivity contribution in [2.75, 3.05) is 32.0 Å². The number of carbonyl (C=O) groups is 1. The Bertz CT molecular complexity index is 485. The van der Waals surface area contributed by atoms with Crippen molar-refractivity contribution in [2.45, 2.75) is 18.9 Å². The molecule has 0 atom stereocenters. The predicted octanol–water partition coefficient (Wildman–Crippen LogP) is 0.576. The minimum Gasteiger partial charge on any atom is -0.367 e. The van der Waals surface area contributed by atoms with Gasteiger partial charge in [0.2, 0.25) is 5.91 Å². The first-order valence-corrected chi connectivity index (χ1v) is 6.77. The van der Waals surface area contributed by atoms with Crippen LogP contribution in [-0.2, 0) is 4.79 Å². The summed E-state index contributed by atoms with van der Waals surface area (Å²) >= 11 is 0. The molecule has 1 aliphatic heterocycles. The number of carbonyl (C=O) groups excluding carboxylic acids is 1. The summed E-state index contributed by atoms with van der Waals surface area (Å²) < 4.78 is 0. The van der Waals surface area contributed by atoms with E-state index in [-0.39, 0.29) is 5.91 Å². The van der Waals surface area contributed by atoms with Crippen LogP contribution in [0.3, 0.4) is 0 Å². The molecule has 0 unspecified atom stereocenters. The molecule has 2 heterocycles. The Balaban J connectivity index is 1.79. The number of aromatic nitrogens is 1. The number of nitriles is 1. The molecule has 1 amide bonds. The van der Waals surface area contributed by atoms with Crippen LogP contribution in [0.4, 0.5) is 5.82 Å². The molecular formula is C14H19N5O. The summed E-state index contributed by atoms with van der Waals surface area (Å²) in [5.41, 5.74) is 0.566. The van der Waals surface area contributed by atoms with Crippen LogP contribution in [0.1, 0.15) is 18.4 Å². The Morgan fingerprint density at radius 3 is 2.80 bits per heavy atom. The summed E-state index contributed by atoms with van der Waals surface area (Å²) in [6.45, 7) is 2.28. The fourth-order valence-corrected chi connectivity index (χ4v) is 2.27. The first kappa shape index (κ1) is 14.3. The van der Waals surface area contributed by atoms with Crippen LogP contribution in [0, 0.1) is 11.3 Å². The number of nitrogens with zero attached hydrogens (tertiary/aromatic N) is 3. The van der Waals surface area contributed by atoms with E-state index in [1.165, 1.54) is 0 Å². The molecule has 0 aromatic carbocycles. The van der Waals surface area contributed by atoms with E-state index in [0.29, 0.717) is 18.2 Å². The van der Waals surface area contributed by atoms with Crippen molar-refractivity contribution < 1.29 is 4.79 Å². The zero-order valence-electron chi connectivity index (χ0n) is 11.6. The van der Waals surface area contributed by atoms with Crippen LogP contribution in [0.2, 0.25) is 0 Å². The van der Waals surface area contributed by atoms with Crippen molar-refractivity contribution in [3.8, 4) is 6.07 Å². The lowest BCUT2D eigenvalue weighted by atomic mass is 10.1. The Morgan fingerprint density at radius 2 is 2.25 bits per heavy atom. The van der Waals surface area contributed by atoms with Crippen molar-refractivity contribution in [1.29, 1.82) is 5.26 Å². The molecule has 1 aromatic rings. The smallest absolute Gasteiger partial charge is 0.233 e. The highest BCUT2D eigenvalue weighted by Crippen LogP contribution is 2.15. The van der Waals surface area contributed by atoms with Crippen LogP contribution in [0.5, 0.6) is 0 Å². The Hall–Kier alpha value is -2.13. The zero-order chi connectivity index (χ0) is 14.4. The molecule has 0 bridgehead atoms. The summed E-state index contributed by atoms with van der Waals surface area (Å²) in [4.78, 5) is 17.7. The number of likely N-dealkylation sites (N-methyl/N-ethyl adjacent to an activating group) is 1. The molecule has 1 fully saturated rings. The lowest BCUT2D eigenvalue weighted by Gasteiger charge is -2.31. The van der Waals surface area contributed by atoms with Gasteiger partial charge in [-0.15, -0.1) is 0 Å². The van der Waals surface area contributed by atoms with E-state index in [1.807, 2.05) is 6.07 Å². The second-order valence-electron chi connectivity index (χ2n) is 4.91. The standard InChI is InChI=1S/C14H19N5O/c1-16-14(20)10-19-6-4-12(5-7-19)18-13-3-2-11(8-15)9-17-13/h2-3,9,12H,4-7,10H2,1H3,(H,16,20)(H,17,18). The molecule has 6 nitrogen and oxygen atoms in total. The van der Waals surface area contributed by atoms with Gasteiger partial charge in [-0.05, 0) is 25.0 Å². The van der Waals surface area contributed by atoms with Crippen molar-refractivity contribution in [3.05, 3.63) is 23.9 Å². The number of piperidine rings is 1. The van der Waals surface area contributed by atoms with Crippen molar-refractivity contribution in [1.82, 2.24) is 15.2 Å². The average Bonchev–Trinajstić information content (AvgIpc) is 2.50. The van der Waals surface area contributed by atoms with Gasteiger partial charge in [0.1, 0.15) is 11.9 Å². The van der Waals surface area contributed by atoms with Gasteiger partial charge in [0, 0.05) is 32.4 Å². The number of hydrogen-bond donors (Lipinski definition) is 2. The first-order chi connectivity index (χ1) is 9.71. The molecule has 1 saturated heterocycles. The molecule has 20 heavy (non-hydrogen) atoms. The van der Waals surface area contributed by atoms with Gasteiger partial charge in [0.15, 0.2) is 0 Å². The van der Waals surface area contributed by atoms with Gasteiger partial charge in [-0.3, -0.25) is 9.69 Å². The fourth-order valence-electron chi connectivity index (χ4n) is 2.27. The van der Waals surface area contributed by atoms with Gasteiger partial charge >= 0.3 is 0 Å². The highest BCUT2D eigenvalue weighted by Gasteiger charge is 2.20. The minimum absolute atomic E-state index is 0.0603. The van der Waals surface area contributed by atoms with Crippen molar-refractivity contribution in [2.24, 2.45) is 0 Å². The number of hydrogen-bond acceptors (Lipinski definition) is 5. The highest BCUT2D eigenvalue weighted by atomic mass is 16.1. The molecule has 0 radical (unpaired) electrons. The van der Waals surface area contributed by atoms with Gasteiger partial charge in [-0.25, -0.2) is 4.98 Å². The quantitative estimate of drug-likeness (QED) is 0.838. The maximum Gasteiger partial charge on any atom is 0.233 e. The van der Waals surface area contributed by atoms with E-state index in [0.717, 1.165) is 31.7 Å². The summed E-state index contributed by atoms with van der Waals surface area (Å²) in [6.07, 6.45) is 3.54. The fraction of sp³-hybridized carbons (Fsp3) is 0.500. The molecule has 0 aliphatic carbocycles. The van der Waals surface area contributed by atoms with E-state index in [2.05, 4.69) is 26.6 Å². The number of amides is 1. The predicted molar refractivity (Wildman–Crippen MR) is 76.1 cm³/mol. The molecule has 1 aliphatic rings. The number of anilines is 1. The van der Waals surface area contributed by atoms with Crippen molar-refractivity contribution >= 4 is 11.7 Å².